The van der Waals surface area contributed by atoms with Crippen molar-refractivity contribution in [3.63, 3.8) is 0 Å². The fourth-order valence-corrected chi connectivity index (χ4v) is 2.59. The summed E-state index contributed by atoms with van der Waals surface area (Å²) in [5, 5.41) is 19.4. The van der Waals surface area contributed by atoms with E-state index in [-0.39, 0.29) is 18.4 Å². The number of ether oxygens (including phenoxy) is 2. The number of rotatable bonds is 0. The maximum absolute atomic E-state index is 10.0. The highest BCUT2D eigenvalue weighted by Gasteiger charge is 2.57. The van der Waals surface area contributed by atoms with E-state index in [9.17, 15) is 10.2 Å². The first-order valence-corrected chi connectivity index (χ1v) is 4.56. The zero-order chi connectivity index (χ0) is 9.05. The van der Waals surface area contributed by atoms with Gasteiger partial charge in [0.25, 0.3) is 0 Å². The van der Waals surface area contributed by atoms with Crippen LogP contribution in [-0.2, 0) is 9.47 Å². The van der Waals surface area contributed by atoms with Crippen molar-refractivity contribution in [3.8, 4) is 0 Å². The Morgan fingerprint density at radius 2 is 2.31 bits per heavy atom. The zero-order valence-electron chi connectivity index (χ0n) is 7.09. The Balaban J connectivity index is 1.95. The van der Waals surface area contributed by atoms with Gasteiger partial charge in [-0.1, -0.05) is 12.2 Å². The minimum Gasteiger partial charge on any atom is -0.383 e. The molecule has 0 amide bonds. The van der Waals surface area contributed by atoms with Crippen LogP contribution in [0.3, 0.4) is 0 Å². The third-order valence-corrected chi connectivity index (χ3v) is 3.21. The Morgan fingerprint density at radius 3 is 3.15 bits per heavy atom. The minimum absolute atomic E-state index is 0.0177. The van der Waals surface area contributed by atoms with E-state index in [0.29, 0.717) is 6.42 Å². The molecule has 0 bridgehead atoms. The van der Waals surface area contributed by atoms with Crippen LogP contribution < -0.4 is 0 Å². The maximum atomic E-state index is 10.0. The Kier molecular flexibility index (Phi) is 1.42. The van der Waals surface area contributed by atoms with E-state index >= 15 is 0 Å². The average Bonchev–Trinajstić information content (AvgIpc) is 2.56. The predicted molar refractivity (Wildman–Crippen MR) is 42.5 cm³/mol. The second kappa shape index (κ2) is 2.33. The molecular weight excluding hydrogens is 172 g/mol. The smallest absolute Gasteiger partial charge is 0.167 e. The van der Waals surface area contributed by atoms with Gasteiger partial charge in [0.05, 0.1) is 12.5 Å². The quantitative estimate of drug-likeness (QED) is 0.504. The van der Waals surface area contributed by atoms with Gasteiger partial charge >= 0.3 is 0 Å². The summed E-state index contributed by atoms with van der Waals surface area (Å²) in [6, 6.07) is 0. The number of aliphatic hydroxyl groups excluding tert-OH is 1. The van der Waals surface area contributed by atoms with Crippen molar-refractivity contribution < 1.29 is 19.7 Å². The van der Waals surface area contributed by atoms with Crippen LogP contribution in [0.1, 0.15) is 6.42 Å². The molecule has 0 aromatic heterocycles. The molecule has 0 radical (unpaired) electrons. The third kappa shape index (κ3) is 0.942. The molecule has 13 heavy (non-hydrogen) atoms. The van der Waals surface area contributed by atoms with Gasteiger partial charge in [-0.2, -0.15) is 0 Å². The molecule has 2 aliphatic heterocycles. The molecule has 0 aromatic carbocycles. The lowest BCUT2D eigenvalue weighted by Gasteiger charge is -2.34. The van der Waals surface area contributed by atoms with Gasteiger partial charge in [-0.25, -0.2) is 0 Å². The van der Waals surface area contributed by atoms with Crippen molar-refractivity contribution >= 4 is 0 Å². The molecule has 4 nitrogen and oxygen atoms in total. The Bertz CT molecular complexity index is 264. The van der Waals surface area contributed by atoms with Crippen molar-refractivity contribution in [2.45, 2.75) is 24.6 Å². The number of hydrogen-bond donors (Lipinski definition) is 2. The highest BCUT2D eigenvalue weighted by atomic mass is 16.7. The molecule has 2 N–H and O–H groups in total. The van der Waals surface area contributed by atoms with E-state index in [1.165, 1.54) is 0 Å². The van der Waals surface area contributed by atoms with Crippen molar-refractivity contribution in [1.82, 2.24) is 0 Å². The van der Waals surface area contributed by atoms with E-state index in [1.807, 2.05) is 6.08 Å². The van der Waals surface area contributed by atoms with Crippen LogP contribution in [0.25, 0.3) is 0 Å². The maximum Gasteiger partial charge on any atom is 0.167 e. The average molecular weight is 184 g/mol. The second-order valence-electron chi connectivity index (χ2n) is 4.05. The highest BCUT2D eigenvalue weighted by Crippen LogP contribution is 2.48. The van der Waals surface area contributed by atoms with E-state index in [2.05, 4.69) is 0 Å². The topological polar surface area (TPSA) is 58.9 Å². The summed E-state index contributed by atoms with van der Waals surface area (Å²) in [5.41, 5.74) is -0.852. The fourth-order valence-electron chi connectivity index (χ4n) is 2.59. The molecule has 3 rings (SSSR count). The van der Waals surface area contributed by atoms with Crippen LogP contribution in [0.15, 0.2) is 12.2 Å². The van der Waals surface area contributed by atoms with Gasteiger partial charge in [0, 0.05) is 6.42 Å². The van der Waals surface area contributed by atoms with Crippen LogP contribution in [0, 0.1) is 11.8 Å². The van der Waals surface area contributed by atoms with Crippen LogP contribution in [0.2, 0.25) is 0 Å². The van der Waals surface area contributed by atoms with E-state index in [0.717, 1.165) is 0 Å². The molecule has 2 fully saturated rings. The molecule has 3 aliphatic rings. The first-order valence-electron chi connectivity index (χ1n) is 4.56. The largest absolute Gasteiger partial charge is 0.383 e. The SMILES string of the molecule is OC1CC2C=CC3(O)COC(O1)C23. The lowest BCUT2D eigenvalue weighted by Crippen LogP contribution is -2.44. The van der Waals surface area contributed by atoms with Crippen molar-refractivity contribution in [2.24, 2.45) is 11.8 Å². The molecule has 4 heteroatoms. The van der Waals surface area contributed by atoms with Crippen molar-refractivity contribution in [1.29, 1.82) is 0 Å². The lowest BCUT2D eigenvalue weighted by molar-refractivity contribution is -0.257. The highest BCUT2D eigenvalue weighted by molar-refractivity contribution is 5.20. The summed E-state index contributed by atoms with van der Waals surface area (Å²) in [7, 11) is 0. The van der Waals surface area contributed by atoms with Gasteiger partial charge in [-0.05, 0) is 5.92 Å². The number of allylic oxidation sites excluding steroid dienone is 1. The van der Waals surface area contributed by atoms with E-state index < -0.39 is 18.2 Å². The molecule has 0 spiro atoms. The molecule has 0 saturated carbocycles. The molecule has 0 aromatic rings. The summed E-state index contributed by atoms with van der Waals surface area (Å²) >= 11 is 0. The van der Waals surface area contributed by atoms with Gasteiger partial charge in [-0.15, -0.1) is 0 Å². The minimum atomic E-state index is -0.852. The lowest BCUT2D eigenvalue weighted by atomic mass is 9.83. The van der Waals surface area contributed by atoms with Gasteiger partial charge in [0.15, 0.2) is 12.6 Å². The van der Waals surface area contributed by atoms with Crippen molar-refractivity contribution in [3.05, 3.63) is 12.2 Å². The van der Waals surface area contributed by atoms with E-state index in [1.54, 1.807) is 6.08 Å². The third-order valence-electron chi connectivity index (χ3n) is 3.21. The van der Waals surface area contributed by atoms with Crippen LogP contribution >= 0.6 is 0 Å². The fraction of sp³-hybridized carbons (Fsp3) is 0.778. The van der Waals surface area contributed by atoms with Gasteiger partial charge in [0.1, 0.15) is 5.60 Å². The number of aliphatic hydroxyl groups is 2. The Hall–Kier alpha value is -0.420. The van der Waals surface area contributed by atoms with E-state index in [4.69, 9.17) is 9.47 Å². The molecule has 5 unspecified atom stereocenters. The summed E-state index contributed by atoms with van der Waals surface area (Å²) < 4.78 is 10.5. The summed E-state index contributed by atoms with van der Waals surface area (Å²) in [5.74, 6) is 0.178. The van der Waals surface area contributed by atoms with Gasteiger partial charge < -0.3 is 19.7 Å². The monoisotopic (exact) mass is 184 g/mol. The predicted octanol–water partition coefficient (Wildman–Crippen LogP) is -0.385. The summed E-state index contributed by atoms with van der Waals surface area (Å²) in [6.45, 7) is 0.280. The molecule has 72 valence electrons. The second-order valence-corrected chi connectivity index (χ2v) is 4.05. The van der Waals surface area contributed by atoms with Crippen LogP contribution in [0.4, 0.5) is 0 Å². The van der Waals surface area contributed by atoms with Crippen LogP contribution in [-0.4, -0.2) is 35.0 Å². The molecular formula is C9H12O4. The Morgan fingerprint density at radius 1 is 1.46 bits per heavy atom. The van der Waals surface area contributed by atoms with Gasteiger partial charge in [-0.3, -0.25) is 0 Å². The molecule has 1 aliphatic carbocycles. The standard InChI is InChI=1S/C9H12O4/c10-6-3-5-1-2-9(11)4-12-8(13-6)7(5)9/h1-2,5-8,10-11H,3-4H2. The van der Waals surface area contributed by atoms with Crippen molar-refractivity contribution in [2.75, 3.05) is 6.61 Å². The first-order chi connectivity index (χ1) is 6.19. The zero-order valence-corrected chi connectivity index (χ0v) is 7.09. The molecule has 5 atom stereocenters. The van der Waals surface area contributed by atoms with Gasteiger partial charge in [0.2, 0.25) is 0 Å². The van der Waals surface area contributed by atoms with Crippen LogP contribution in [0.5, 0.6) is 0 Å². The molecule has 2 heterocycles. The normalized spacial score (nSPS) is 58.3. The number of hydrogen-bond acceptors (Lipinski definition) is 4. The molecule has 2 saturated heterocycles. The summed E-state index contributed by atoms with van der Waals surface area (Å²) in [6.07, 6.45) is 3.11. The first kappa shape index (κ1) is 7.94. The Labute approximate surface area is 75.8 Å². The summed E-state index contributed by atoms with van der Waals surface area (Å²) in [4.78, 5) is 0.